The maximum Gasteiger partial charge on any atom is 0.429 e. The zero-order valence-electron chi connectivity index (χ0n) is 16.6. The number of nitrogens with one attached hydrogen (secondary N) is 1. The number of nitrogens with zero attached hydrogens (tertiary/aromatic N) is 1. The molecule has 1 aromatic rings. The lowest BCUT2D eigenvalue weighted by Crippen LogP contribution is -2.64. The van der Waals surface area contributed by atoms with E-state index in [1.54, 1.807) is 13.8 Å². The normalized spacial score (nSPS) is 12.6. The van der Waals surface area contributed by atoms with E-state index >= 15 is 0 Å². The third-order valence-electron chi connectivity index (χ3n) is 4.28. The van der Waals surface area contributed by atoms with Crippen molar-refractivity contribution in [3.8, 4) is 0 Å². The highest BCUT2D eigenvalue weighted by atomic mass is 16.6. The summed E-state index contributed by atoms with van der Waals surface area (Å²) in [4.78, 5) is 37.9. The molecule has 0 bridgehead atoms. The summed E-state index contributed by atoms with van der Waals surface area (Å²) in [6, 6.07) is 9.39. The third-order valence-corrected chi connectivity index (χ3v) is 4.28. The number of hydrogen-bond acceptors (Lipinski definition) is 5. The van der Waals surface area contributed by atoms with Crippen molar-refractivity contribution in [2.24, 2.45) is 0 Å². The monoisotopic (exact) mass is 378 g/mol. The Morgan fingerprint density at radius 3 is 2.15 bits per heavy atom. The minimum atomic E-state index is -1.27. The first-order chi connectivity index (χ1) is 12.9. The van der Waals surface area contributed by atoms with E-state index in [1.807, 2.05) is 44.2 Å². The smallest absolute Gasteiger partial charge is 0.429 e. The summed E-state index contributed by atoms with van der Waals surface area (Å²) in [5.74, 6) is -0.138. The largest absolute Gasteiger partial charge is 0.449 e. The lowest BCUT2D eigenvalue weighted by atomic mass is 9.81. The Hall–Kier alpha value is -2.57. The van der Waals surface area contributed by atoms with Gasteiger partial charge in [0, 0.05) is 12.8 Å². The van der Waals surface area contributed by atoms with Crippen molar-refractivity contribution in [3.63, 3.8) is 0 Å². The van der Waals surface area contributed by atoms with Gasteiger partial charge in [-0.15, -0.1) is 0 Å². The van der Waals surface area contributed by atoms with Gasteiger partial charge in [0.2, 0.25) is 0 Å². The lowest BCUT2D eigenvalue weighted by Gasteiger charge is -2.41. The molecular weight excluding hydrogens is 348 g/mol. The van der Waals surface area contributed by atoms with E-state index in [0.717, 1.165) is 10.6 Å². The van der Waals surface area contributed by atoms with Crippen LogP contribution in [-0.4, -0.2) is 41.7 Å². The third kappa shape index (κ3) is 5.98. The molecule has 0 aliphatic carbocycles. The van der Waals surface area contributed by atoms with Crippen molar-refractivity contribution in [1.82, 2.24) is 10.4 Å². The zero-order valence-corrected chi connectivity index (χ0v) is 16.6. The Morgan fingerprint density at radius 1 is 1.00 bits per heavy atom. The molecule has 27 heavy (non-hydrogen) atoms. The Labute approximate surface area is 161 Å². The minimum absolute atomic E-state index is 0.118. The van der Waals surface area contributed by atoms with Crippen LogP contribution in [0.1, 0.15) is 52.5 Å². The van der Waals surface area contributed by atoms with Gasteiger partial charge >= 0.3 is 12.2 Å². The fourth-order valence-electron chi connectivity index (χ4n) is 2.95. The molecule has 150 valence electrons. The summed E-state index contributed by atoms with van der Waals surface area (Å²) < 4.78 is 10.0. The maximum atomic E-state index is 13.1. The molecule has 1 rings (SSSR count). The summed E-state index contributed by atoms with van der Waals surface area (Å²) >= 11 is 0. The van der Waals surface area contributed by atoms with Crippen molar-refractivity contribution >= 4 is 18.0 Å². The van der Waals surface area contributed by atoms with Crippen LogP contribution in [0.5, 0.6) is 0 Å². The van der Waals surface area contributed by atoms with E-state index in [4.69, 9.17) is 9.47 Å². The van der Waals surface area contributed by atoms with Crippen LogP contribution >= 0.6 is 0 Å². The number of carbonyl (C=O) groups is 3. The Balaban J connectivity index is 3.39. The Kier molecular flexibility index (Phi) is 9.33. The standard InChI is InChI=1S/C20H30N2O5/c1-5-12-17(23)20(6-2,15-16-13-10-9-11-14-16)22(19(25)27-8-4)21-18(24)26-7-3/h9-11,13-14H,5-8,12,15H2,1-4H3,(H,21,24). The fourth-order valence-corrected chi connectivity index (χ4v) is 2.95. The SMILES string of the molecule is CCCC(=O)C(CC)(Cc1ccccc1)N(NC(=O)OCC)C(=O)OCC. The fraction of sp³-hybridized carbons (Fsp3) is 0.550. The number of rotatable bonds is 9. The number of carbonyl (C=O) groups excluding carboxylic acids is 3. The van der Waals surface area contributed by atoms with Crippen molar-refractivity contribution in [1.29, 1.82) is 0 Å². The van der Waals surface area contributed by atoms with Crippen LogP contribution in [0.4, 0.5) is 9.59 Å². The predicted molar refractivity (Wildman–Crippen MR) is 102 cm³/mol. The van der Waals surface area contributed by atoms with Crippen LogP contribution in [0.15, 0.2) is 30.3 Å². The van der Waals surface area contributed by atoms with Crippen LogP contribution < -0.4 is 5.43 Å². The van der Waals surface area contributed by atoms with E-state index in [0.29, 0.717) is 12.8 Å². The molecule has 1 N–H and O–H groups in total. The average molecular weight is 378 g/mol. The second-order valence-electron chi connectivity index (χ2n) is 6.09. The Morgan fingerprint density at radius 2 is 1.63 bits per heavy atom. The van der Waals surface area contributed by atoms with Crippen molar-refractivity contribution in [3.05, 3.63) is 35.9 Å². The molecule has 1 atom stereocenters. The molecule has 0 aliphatic heterocycles. The summed E-state index contributed by atoms with van der Waals surface area (Å²) in [7, 11) is 0. The molecule has 0 heterocycles. The number of ketones is 1. The molecule has 7 heteroatoms. The van der Waals surface area contributed by atoms with Gasteiger partial charge in [-0.2, -0.15) is 0 Å². The molecule has 0 fully saturated rings. The van der Waals surface area contributed by atoms with Gasteiger partial charge in [0.1, 0.15) is 5.54 Å². The molecule has 1 aromatic carbocycles. The molecule has 1 unspecified atom stereocenters. The van der Waals surface area contributed by atoms with E-state index < -0.39 is 17.7 Å². The highest BCUT2D eigenvalue weighted by Gasteiger charge is 2.46. The summed E-state index contributed by atoms with van der Waals surface area (Å²) in [6.45, 7) is 7.30. The van der Waals surface area contributed by atoms with E-state index in [9.17, 15) is 14.4 Å². The second-order valence-corrected chi connectivity index (χ2v) is 6.09. The van der Waals surface area contributed by atoms with E-state index in [2.05, 4.69) is 5.43 Å². The quantitative estimate of drug-likeness (QED) is 0.660. The molecule has 0 spiro atoms. The van der Waals surface area contributed by atoms with Gasteiger partial charge in [0.15, 0.2) is 5.78 Å². The molecule has 0 radical (unpaired) electrons. The Bertz CT molecular complexity index is 620. The maximum absolute atomic E-state index is 13.1. The van der Waals surface area contributed by atoms with E-state index in [1.165, 1.54) is 0 Å². The summed E-state index contributed by atoms with van der Waals surface area (Å²) in [5.41, 5.74) is 2.04. The molecule has 2 amide bonds. The van der Waals surface area contributed by atoms with Gasteiger partial charge in [-0.25, -0.2) is 20.0 Å². The van der Waals surface area contributed by atoms with Crippen molar-refractivity contribution in [2.75, 3.05) is 13.2 Å². The molecular formula is C20H30N2O5. The van der Waals surface area contributed by atoms with Crippen LogP contribution in [0, 0.1) is 0 Å². The number of Topliss-reactive ketones (excluding diaryl/α,β-unsaturated/α-hetero) is 1. The number of hydrazine groups is 1. The molecule has 0 aliphatic rings. The minimum Gasteiger partial charge on any atom is -0.449 e. The van der Waals surface area contributed by atoms with Crippen molar-refractivity contribution < 1.29 is 23.9 Å². The highest BCUT2D eigenvalue weighted by Crippen LogP contribution is 2.28. The zero-order chi connectivity index (χ0) is 20.3. The number of ether oxygens (including phenoxy) is 2. The van der Waals surface area contributed by atoms with Gasteiger partial charge in [-0.3, -0.25) is 4.79 Å². The molecule has 0 aromatic heterocycles. The predicted octanol–water partition coefficient (Wildman–Crippen LogP) is 3.87. The number of benzene rings is 1. The highest BCUT2D eigenvalue weighted by molar-refractivity contribution is 5.92. The number of amides is 2. The van der Waals surface area contributed by atoms with Crippen molar-refractivity contribution in [2.45, 2.75) is 58.9 Å². The molecule has 7 nitrogen and oxygen atoms in total. The molecule has 0 saturated carbocycles. The van der Waals surface area contributed by atoms with E-state index in [-0.39, 0.29) is 31.8 Å². The first-order valence-electron chi connectivity index (χ1n) is 9.42. The number of hydrogen-bond donors (Lipinski definition) is 1. The van der Waals surface area contributed by atoms with Gasteiger partial charge in [0.05, 0.1) is 13.2 Å². The van der Waals surface area contributed by atoms with Gasteiger partial charge in [-0.1, -0.05) is 44.2 Å². The first kappa shape index (κ1) is 22.5. The van der Waals surface area contributed by atoms with Crippen LogP contribution in [0.25, 0.3) is 0 Å². The van der Waals surface area contributed by atoms with Gasteiger partial charge in [0.25, 0.3) is 0 Å². The van der Waals surface area contributed by atoms with Gasteiger partial charge in [-0.05, 0) is 32.3 Å². The van der Waals surface area contributed by atoms with Crippen LogP contribution in [0.3, 0.4) is 0 Å². The second kappa shape index (κ2) is 11.2. The van der Waals surface area contributed by atoms with Crippen LogP contribution in [0.2, 0.25) is 0 Å². The molecule has 0 saturated heterocycles. The average Bonchev–Trinajstić information content (AvgIpc) is 2.66. The first-order valence-corrected chi connectivity index (χ1v) is 9.42. The summed E-state index contributed by atoms with van der Waals surface area (Å²) in [5, 5.41) is 1.01. The summed E-state index contributed by atoms with van der Waals surface area (Å²) in [6.07, 6.45) is -0.110. The van der Waals surface area contributed by atoms with Gasteiger partial charge < -0.3 is 9.47 Å². The topological polar surface area (TPSA) is 84.9 Å². The van der Waals surface area contributed by atoms with Crippen LogP contribution in [-0.2, 0) is 20.7 Å². The lowest BCUT2D eigenvalue weighted by molar-refractivity contribution is -0.132.